The van der Waals surface area contributed by atoms with Crippen LogP contribution in [0.25, 0.3) is 0 Å². The number of urea groups is 1. The fourth-order valence-corrected chi connectivity index (χ4v) is 2.71. The van der Waals surface area contributed by atoms with E-state index >= 15 is 0 Å². The van der Waals surface area contributed by atoms with E-state index in [0.29, 0.717) is 5.56 Å². The van der Waals surface area contributed by atoms with Gasteiger partial charge in [0, 0.05) is 6.26 Å². The number of hydrogen-bond donors (Lipinski definition) is 2. The highest BCUT2D eigenvalue weighted by Gasteiger charge is 2.27. The average Bonchev–Trinajstić information content (AvgIpc) is 2.42. The van der Waals surface area contributed by atoms with E-state index in [4.69, 9.17) is 10.5 Å². The third-order valence-electron chi connectivity index (χ3n) is 2.96. The molecule has 132 valence electrons. The summed E-state index contributed by atoms with van der Waals surface area (Å²) in [5, 5.41) is 1.87. The second-order valence-electron chi connectivity index (χ2n) is 5.69. The number of imide groups is 1. The molecule has 0 aromatic heterocycles. The Bertz CT molecular complexity index is 725. The van der Waals surface area contributed by atoms with Crippen LogP contribution in [0.2, 0.25) is 0 Å². The lowest BCUT2D eigenvalue weighted by molar-refractivity contribution is -0.130. The highest BCUT2D eigenvalue weighted by atomic mass is 32.2. The number of hydrogen-bond acceptors (Lipinski definition) is 6. The second-order valence-corrected chi connectivity index (χ2v) is 7.83. The molecule has 1 aromatic rings. The van der Waals surface area contributed by atoms with Gasteiger partial charge in [-0.2, -0.15) is 0 Å². The molecule has 0 fully saturated rings. The molecule has 0 saturated carbocycles. The van der Waals surface area contributed by atoms with Crippen LogP contribution >= 0.6 is 0 Å². The van der Waals surface area contributed by atoms with E-state index in [0.717, 1.165) is 6.26 Å². The largest absolute Gasteiger partial charge is 0.448 e. The molecule has 1 unspecified atom stereocenters. The van der Waals surface area contributed by atoms with E-state index in [1.54, 1.807) is 13.8 Å². The maximum atomic E-state index is 12.1. The predicted molar refractivity (Wildman–Crippen MR) is 86.8 cm³/mol. The summed E-state index contributed by atoms with van der Waals surface area (Å²) in [6, 6.07) is 4.77. The Labute approximate surface area is 140 Å². The zero-order valence-electron chi connectivity index (χ0n) is 13.6. The lowest BCUT2D eigenvalue weighted by atomic mass is 10.1. The Hall–Kier alpha value is -2.42. The number of rotatable bonds is 6. The van der Waals surface area contributed by atoms with Gasteiger partial charge in [-0.3, -0.25) is 10.1 Å². The van der Waals surface area contributed by atoms with Crippen molar-refractivity contribution in [3.63, 3.8) is 0 Å². The maximum absolute atomic E-state index is 12.1. The Morgan fingerprint density at radius 3 is 2.12 bits per heavy atom. The molecule has 0 aliphatic carbocycles. The number of nitrogens with one attached hydrogen (secondary N) is 1. The van der Waals surface area contributed by atoms with Gasteiger partial charge < -0.3 is 10.5 Å². The molecule has 3 N–H and O–H groups in total. The number of benzene rings is 1. The van der Waals surface area contributed by atoms with Crippen LogP contribution < -0.4 is 11.1 Å². The molecular weight excluding hydrogens is 336 g/mol. The van der Waals surface area contributed by atoms with Crippen molar-refractivity contribution < 1.29 is 27.5 Å². The molecule has 0 aliphatic heterocycles. The third kappa shape index (κ3) is 6.37. The van der Waals surface area contributed by atoms with Crippen molar-refractivity contribution in [3.8, 4) is 0 Å². The van der Waals surface area contributed by atoms with Crippen LogP contribution in [0.4, 0.5) is 4.79 Å². The quantitative estimate of drug-likeness (QED) is 0.718. The number of carbonyl (C=O) groups excluding carboxylic acids is 3. The van der Waals surface area contributed by atoms with E-state index in [-0.39, 0.29) is 17.2 Å². The lowest BCUT2D eigenvalue weighted by Crippen LogP contribution is -2.45. The first-order chi connectivity index (χ1) is 11.0. The van der Waals surface area contributed by atoms with Gasteiger partial charge in [-0.15, -0.1) is 0 Å². The van der Waals surface area contributed by atoms with E-state index < -0.39 is 33.8 Å². The molecule has 0 aliphatic rings. The van der Waals surface area contributed by atoms with Gasteiger partial charge in [0.25, 0.3) is 5.91 Å². The van der Waals surface area contributed by atoms with Crippen LogP contribution in [0.15, 0.2) is 24.3 Å². The van der Waals surface area contributed by atoms with Crippen LogP contribution in [0.3, 0.4) is 0 Å². The Morgan fingerprint density at radius 1 is 1.17 bits per heavy atom. The number of carbonyl (C=O) groups is 3. The van der Waals surface area contributed by atoms with Crippen molar-refractivity contribution in [1.29, 1.82) is 0 Å². The standard InChI is InChI=1S/C15H20N2O6S/c1-9(2)12(13(18)17-15(16)20)23-14(19)11-6-4-10(5-7-11)8-24(3,21)22/h4-7,9,12H,8H2,1-3H3,(H3,16,17,18,20). The normalized spacial score (nSPS) is 12.5. The van der Waals surface area contributed by atoms with Crippen LogP contribution in [-0.2, 0) is 25.1 Å². The summed E-state index contributed by atoms with van der Waals surface area (Å²) in [5.74, 6) is -2.09. The van der Waals surface area contributed by atoms with Crippen molar-refractivity contribution in [2.24, 2.45) is 11.7 Å². The minimum absolute atomic E-state index is 0.141. The van der Waals surface area contributed by atoms with E-state index in [1.807, 2.05) is 5.32 Å². The molecule has 8 nitrogen and oxygen atoms in total. The molecule has 0 bridgehead atoms. The molecule has 0 spiro atoms. The van der Waals surface area contributed by atoms with Crippen molar-refractivity contribution in [1.82, 2.24) is 5.32 Å². The van der Waals surface area contributed by atoms with Gasteiger partial charge in [-0.1, -0.05) is 26.0 Å². The Morgan fingerprint density at radius 2 is 1.71 bits per heavy atom. The average molecular weight is 356 g/mol. The van der Waals surface area contributed by atoms with Gasteiger partial charge in [0.15, 0.2) is 15.9 Å². The number of esters is 1. The third-order valence-corrected chi connectivity index (χ3v) is 3.82. The lowest BCUT2D eigenvalue weighted by Gasteiger charge is -2.19. The number of primary amides is 1. The highest BCUT2D eigenvalue weighted by Crippen LogP contribution is 2.13. The minimum Gasteiger partial charge on any atom is -0.448 e. The first-order valence-corrected chi connectivity index (χ1v) is 9.13. The van der Waals surface area contributed by atoms with Crippen molar-refractivity contribution in [2.45, 2.75) is 25.7 Å². The number of nitrogens with two attached hydrogens (primary N) is 1. The van der Waals surface area contributed by atoms with Crippen LogP contribution in [-0.4, -0.2) is 38.7 Å². The molecule has 1 rings (SSSR count). The number of amides is 3. The van der Waals surface area contributed by atoms with Crippen LogP contribution in [0.1, 0.15) is 29.8 Å². The SMILES string of the molecule is CC(C)C(OC(=O)c1ccc(CS(C)(=O)=O)cc1)C(=O)NC(N)=O. The molecule has 1 aromatic carbocycles. The summed E-state index contributed by atoms with van der Waals surface area (Å²) in [5.41, 5.74) is 5.57. The van der Waals surface area contributed by atoms with Gasteiger partial charge in [0.2, 0.25) is 0 Å². The number of sulfone groups is 1. The fourth-order valence-electron chi connectivity index (χ4n) is 1.91. The zero-order chi connectivity index (χ0) is 18.5. The molecule has 1 atom stereocenters. The second kappa shape index (κ2) is 7.91. The Balaban J connectivity index is 2.84. The van der Waals surface area contributed by atoms with Gasteiger partial charge in [-0.05, 0) is 23.6 Å². The van der Waals surface area contributed by atoms with Gasteiger partial charge >= 0.3 is 12.0 Å². The maximum Gasteiger partial charge on any atom is 0.338 e. The van der Waals surface area contributed by atoms with Crippen LogP contribution in [0.5, 0.6) is 0 Å². The van der Waals surface area contributed by atoms with Gasteiger partial charge in [0.1, 0.15) is 0 Å². The molecular formula is C15H20N2O6S. The van der Waals surface area contributed by atoms with E-state index in [9.17, 15) is 22.8 Å². The summed E-state index contributed by atoms with van der Waals surface area (Å²) in [6.45, 7) is 3.29. The van der Waals surface area contributed by atoms with Crippen molar-refractivity contribution in [3.05, 3.63) is 35.4 Å². The van der Waals surface area contributed by atoms with Crippen molar-refractivity contribution in [2.75, 3.05) is 6.26 Å². The summed E-state index contributed by atoms with van der Waals surface area (Å²) >= 11 is 0. The summed E-state index contributed by atoms with van der Waals surface area (Å²) in [7, 11) is -3.18. The summed E-state index contributed by atoms with van der Waals surface area (Å²) in [4.78, 5) is 34.7. The van der Waals surface area contributed by atoms with Gasteiger partial charge in [-0.25, -0.2) is 18.0 Å². The molecule has 0 saturated heterocycles. The first kappa shape index (κ1) is 19.6. The molecule has 0 radical (unpaired) electrons. The zero-order valence-corrected chi connectivity index (χ0v) is 14.4. The van der Waals surface area contributed by atoms with E-state index in [1.165, 1.54) is 24.3 Å². The van der Waals surface area contributed by atoms with Crippen LogP contribution in [0, 0.1) is 5.92 Å². The summed E-state index contributed by atoms with van der Waals surface area (Å²) < 4.78 is 27.6. The first-order valence-electron chi connectivity index (χ1n) is 7.07. The minimum atomic E-state index is -3.18. The number of ether oxygens (including phenoxy) is 1. The van der Waals surface area contributed by atoms with Crippen molar-refractivity contribution >= 4 is 27.7 Å². The molecule has 3 amide bonds. The molecule has 0 heterocycles. The molecule has 24 heavy (non-hydrogen) atoms. The fraction of sp³-hybridized carbons (Fsp3) is 0.400. The highest BCUT2D eigenvalue weighted by molar-refractivity contribution is 7.89. The molecule has 9 heteroatoms. The van der Waals surface area contributed by atoms with Gasteiger partial charge in [0.05, 0.1) is 11.3 Å². The summed E-state index contributed by atoms with van der Waals surface area (Å²) in [6.07, 6.45) is -0.0690. The topological polar surface area (TPSA) is 133 Å². The van der Waals surface area contributed by atoms with E-state index in [2.05, 4.69) is 0 Å². The Kier molecular flexibility index (Phi) is 6.47. The predicted octanol–water partition coefficient (Wildman–Crippen LogP) is 0.608. The smallest absolute Gasteiger partial charge is 0.338 e. The monoisotopic (exact) mass is 356 g/mol.